The predicted octanol–water partition coefficient (Wildman–Crippen LogP) is 2.11. The number of urea groups is 1. The molecule has 6 nitrogen and oxygen atoms in total. The number of carbonyl (C=O) groups is 3. The number of nitrogens with two attached hydrogens (primary N) is 1. The van der Waals surface area contributed by atoms with Crippen molar-refractivity contribution in [2.45, 2.75) is 64.9 Å². The summed E-state index contributed by atoms with van der Waals surface area (Å²) in [5, 5.41) is 1.90. The lowest BCUT2D eigenvalue weighted by molar-refractivity contribution is -0.159. The van der Waals surface area contributed by atoms with Gasteiger partial charge in [0, 0.05) is 0 Å². The Morgan fingerprint density at radius 3 is 2.38 bits per heavy atom. The second-order valence-corrected chi connectivity index (χ2v) is 5.79. The summed E-state index contributed by atoms with van der Waals surface area (Å²) in [6.07, 6.45) is 6.40. The smallest absolute Gasteiger partial charge is 0.318 e. The van der Waals surface area contributed by atoms with Crippen LogP contribution in [0.1, 0.15) is 58.8 Å². The standard InChI is InChI=1S/C15H26N2O4/c1-3-4-5-11-6-8-12(9-7-11)14(19)21-10(2)13(18)17-15(16)20/h10-12H,3-9H2,1-2H3,(H3,16,17,18,20)/t10-,11?,12?/m0/s1. The van der Waals surface area contributed by atoms with E-state index in [0.29, 0.717) is 5.92 Å². The normalized spacial score (nSPS) is 23.1. The molecule has 6 heteroatoms. The molecule has 1 rings (SSSR count). The summed E-state index contributed by atoms with van der Waals surface area (Å²) in [6, 6.07) is -0.945. The van der Waals surface area contributed by atoms with Crippen molar-refractivity contribution in [3.63, 3.8) is 0 Å². The largest absolute Gasteiger partial charge is 0.452 e. The van der Waals surface area contributed by atoms with Crippen molar-refractivity contribution >= 4 is 17.9 Å². The summed E-state index contributed by atoms with van der Waals surface area (Å²) < 4.78 is 5.11. The number of nitrogens with one attached hydrogen (secondary N) is 1. The van der Waals surface area contributed by atoms with Gasteiger partial charge >= 0.3 is 12.0 Å². The molecular formula is C15H26N2O4. The minimum atomic E-state index is -0.997. The van der Waals surface area contributed by atoms with E-state index in [1.54, 1.807) is 0 Å². The molecule has 0 bridgehead atoms. The summed E-state index contributed by atoms with van der Waals surface area (Å²) >= 11 is 0. The van der Waals surface area contributed by atoms with Gasteiger partial charge in [0.05, 0.1) is 5.92 Å². The SMILES string of the molecule is CCCCC1CCC(C(=O)O[C@@H](C)C(=O)NC(N)=O)CC1. The van der Waals surface area contributed by atoms with Crippen LogP contribution >= 0.6 is 0 Å². The van der Waals surface area contributed by atoms with Crippen molar-refractivity contribution in [2.75, 3.05) is 0 Å². The molecule has 1 aliphatic carbocycles. The van der Waals surface area contributed by atoms with Gasteiger partial charge in [-0.05, 0) is 38.5 Å². The van der Waals surface area contributed by atoms with Gasteiger partial charge in [0.1, 0.15) is 0 Å². The van der Waals surface area contributed by atoms with Crippen LogP contribution in [0.4, 0.5) is 4.79 Å². The third kappa shape index (κ3) is 6.14. The van der Waals surface area contributed by atoms with Gasteiger partial charge in [0.15, 0.2) is 6.10 Å². The number of carbonyl (C=O) groups excluding carboxylic acids is 3. The van der Waals surface area contributed by atoms with Gasteiger partial charge in [0.25, 0.3) is 5.91 Å². The van der Waals surface area contributed by atoms with E-state index < -0.39 is 18.0 Å². The maximum absolute atomic E-state index is 12.0. The van der Waals surface area contributed by atoms with Crippen LogP contribution in [-0.2, 0) is 14.3 Å². The molecule has 0 spiro atoms. The Balaban J connectivity index is 2.33. The fraction of sp³-hybridized carbons (Fsp3) is 0.800. The Labute approximate surface area is 125 Å². The third-order valence-corrected chi connectivity index (χ3v) is 4.05. The van der Waals surface area contributed by atoms with Crippen LogP contribution in [0.5, 0.6) is 0 Å². The van der Waals surface area contributed by atoms with Crippen LogP contribution in [-0.4, -0.2) is 24.0 Å². The quantitative estimate of drug-likeness (QED) is 0.734. The van der Waals surface area contributed by atoms with Crippen molar-refractivity contribution < 1.29 is 19.1 Å². The molecule has 0 aromatic rings. The Bertz CT molecular complexity index is 376. The molecule has 21 heavy (non-hydrogen) atoms. The van der Waals surface area contributed by atoms with Gasteiger partial charge in [-0.1, -0.05) is 26.2 Å². The number of unbranched alkanes of at least 4 members (excludes halogenated alkanes) is 1. The zero-order chi connectivity index (χ0) is 15.8. The summed E-state index contributed by atoms with van der Waals surface area (Å²) in [4.78, 5) is 34.0. The molecule has 0 saturated heterocycles. The minimum absolute atomic E-state index is 0.133. The molecular weight excluding hydrogens is 272 g/mol. The van der Waals surface area contributed by atoms with Crippen molar-refractivity contribution in [3.8, 4) is 0 Å². The number of ether oxygens (including phenoxy) is 1. The van der Waals surface area contributed by atoms with Crippen LogP contribution in [0.3, 0.4) is 0 Å². The van der Waals surface area contributed by atoms with Crippen molar-refractivity contribution in [1.82, 2.24) is 5.32 Å². The molecule has 0 radical (unpaired) electrons. The molecule has 120 valence electrons. The Morgan fingerprint density at radius 2 is 1.86 bits per heavy atom. The van der Waals surface area contributed by atoms with Gasteiger partial charge in [-0.3, -0.25) is 14.9 Å². The molecule has 3 amide bonds. The minimum Gasteiger partial charge on any atom is -0.452 e. The third-order valence-electron chi connectivity index (χ3n) is 4.05. The van der Waals surface area contributed by atoms with E-state index in [9.17, 15) is 14.4 Å². The number of primary amides is 1. The maximum Gasteiger partial charge on any atom is 0.318 e. The fourth-order valence-electron chi connectivity index (χ4n) is 2.73. The lowest BCUT2D eigenvalue weighted by Gasteiger charge is -2.27. The first-order chi connectivity index (χ1) is 9.93. The monoisotopic (exact) mass is 298 g/mol. The number of imide groups is 1. The second-order valence-electron chi connectivity index (χ2n) is 5.79. The number of rotatable bonds is 6. The van der Waals surface area contributed by atoms with Gasteiger partial charge in [-0.15, -0.1) is 0 Å². The number of esters is 1. The molecule has 0 aromatic heterocycles. The van der Waals surface area contributed by atoms with Crippen LogP contribution in [0.2, 0.25) is 0 Å². The van der Waals surface area contributed by atoms with Gasteiger partial charge < -0.3 is 10.5 Å². The Hall–Kier alpha value is -1.59. The number of amides is 3. The topological polar surface area (TPSA) is 98.5 Å². The fourth-order valence-corrected chi connectivity index (χ4v) is 2.73. The van der Waals surface area contributed by atoms with Crippen LogP contribution in [0.25, 0.3) is 0 Å². The van der Waals surface area contributed by atoms with E-state index in [-0.39, 0.29) is 11.9 Å². The van der Waals surface area contributed by atoms with E-state index in [2.05, 4.69) is 6.92 Å². The van der Waals surface area contributed by atoms with Crippen molar-refractivity contribution in [2.24, 2.45) is 17.6 Å². The Kier molecular flexibility index (Phi) is 7.19. The van der Waals surface area contributed by atoms with E-state index >= 15 is 0 Å². The summed E-state index contributed by atoms with van der Waals surface area (Å²) in [6.45, 7) is 3.62. The van der Waals surface area contributed by atoms with Gasteiger partial charge in [-0.25, -0.2) is 4.79 Å². The average molecular weight is 298 g/mol. The lowest BCUT2D eigenvalue weighted by atomic mass is 9.80. The molecule has 0 aromatic carbocycles. The van der Waals surface area contributed by atoms with Crippen LogP contribution < -0.4 is 11.1 Å². The summed E-state index contributed by atoms with van der Waals surface area (Å²) in [5.74, 6) is -0.458. The molecule has 0 heterocycles. The first-order valence-corrected chi connectivity index (χ1v) is 7.74. The average Bonchev–Trinajstić information content (AvgIpc) is 2.44. The summed E-state index contributed by atoms with van der Waals surface area (Å²) in [5.41, 5.74) is 4.85. The highest BCUT2D eigenvalue weighted by atomic mass is 16.5. The van der Waals surface area contributed by atoms with E-state index in [4.69, 9.17) is 10.5 Å². The predicted molar refractivity (Wildman–Crippen MR) is 78.3 cm³/mol. The zero-order valence-corrected chi connectivity index (χ0v) is 12.9. The molecule has 1 atom stereocenters. The molecule has 1 saturated carbocycles. The zero-order valence-electron chi connectivity index (χ0n) is 12.9. The highest BCUT2D eigenvalue weighted by Gasteiger charge is 2.29. The molecule has 1 fully saturated rings. The van der Waals surface area contributed by atoms with Crippen LogP contribution in [0, 0.1) is 11.8 Å². The molecule has 0 aliphatic heterocycles. The highest BCUT2D eigenvalue weighted by Crippen LogP contribution is 2.32. The number of hydrogen-bond acceptors (Lipinski definition) is 4. The second kappa shape index (κ2) is 8.64. The molecule has 0 unspecified atom stereocenters. The van der Waals surface area contributed by atoms with Crippen LogP contribution in [0.15, 0.2) is 0 Å². The van der Waals surface area contributed by atoms with Crippen molar-refractivity contribution in [1.29, 1.82) is 0 Å². The Morgan fingerprint density at radius 1 is 1.24 bits per heavy atom. The van der Waals surface area contributed by atoms with Gasteiger partial charge in [-0.2, -0.15) is 0 Å². The molecule has 1 aliphatic rings. The molecule has 3 N–H and O–H groups in total. The van der Waals surface area contributed by atoms with Gasteiger partial charge in [0.2, 0.25) is 0 Å². The van der Waals surface area contributed by atoms with Crippen molar-refractivity contribution in [3.05, 3.63) is 0 Å². The summed E-state index contributed by atoms with van der Waals surface area (Å²) in [7, 11) is 0. The van der Waals surface area contributed by atoms with E-state index in [1.165, 1.54) is 26.2 Å². The number of hydrogen-bond donors (Lipinski definition) is 2. The van der Waals surface area contributed by atoms with E-state index in [1.807, 2.05) is 5.32 Å². The lowest BCUT2D eigenvalue weighted by Crippen LogP contribution is -2.43. The maximum atomic E-state index is 12.0. The first-order valence-electron chi connectivity index (χ1n) is 7.74. The highest BCUT2D eigenvalue weighted by molar-refractivity contribution is 5.96. The van der Waals surface area contributed by atoms with E-state index in [0.717, 1.165) is 25.7 Å². The first kappa shape index (κ1) is 17.5.